The maximum absolute atomic E-state index is 11.7. The van der Waals surface area contributed by atoms with Crippen LogP contribution in [0.25, 0.3) is 0 Å². The van der Waals surface area contributed by atoms with Gasteiger partial charge >= 0.3 is 0 Å². The molecule has 100 valence electrons. The van der Waals surface area contributed by atoms with E-state index >= 15 is 0 Å². The van der Waals surface area contributed by atoms with E-state index in [0.717, 1.165) is 5.56 Å². The van der Waals surface area contributed by atoms with Gasteiger partial charge in [0.15, 0.2) is 0 Å². The van der Waals surface area contributed by atoms with E-state index in [1.54, 1.807) is 0 Å². The Balaban J connectivity index is 2.37. The summed E-state index contributed by atoms with van der Waals surface area (Å²) < 4.78 is 5.17. The Morgan fingerprint density at radius 1 is 1.39 bits per heavy atom. The molecule has 0 fully saturated rings. The Morgan fingerprint density at radius 2 is 2.11 bits per heavy atom. The highest BCUT2D eigenvalue weighted by Crippen LogP contribution is 2.11. The summed E-state index contributed by atoms with van der Waals surface area (Å²) in [7, 11) is 0. The molecule has 0 saturated carbocycles. The van der Waals surface area contributed by atoms with Crippen molar-refractivity contribution in [1.29, 1.82) is 0 Å². The van der Waals surface area contributed by atoms with Crippen LogP contribution in [0.4, 0.5) is 0 Å². The van der Waals surface area contributed by atoms with Gasteiger partial charge in [0.05, 0.1) is 12.6 Å². The minimum atomic E-state index is -0.328. The smallest absolute Gasteiger partial charge is 0.220 e. The van der Waals surface area contributed by atoms with Crippen molar-refractivity contribution >= 4 is 5.91 Å². The number of ether oxygens (including phenoxy) is 1. The lowest BCUT2D eigenvalue weighted by atomic mass is 10.1. The largest absolute Gasteiger partial charge is 0.394 e. The van der Waals surface area contributed by atoms with Crippen molar-refractivity contribution in [3.8, 4) is 0 Å². The van der Waals surface area contributed by atoms with Crippen molar-refractivity contribution in [2.24, 2.45) is 0 Å². The summed E-state index contributed by atoms with van der Waals surface area (Å²) in [6, 6.07) is 9.13. The highest BCUT2D eigenvalue weighted by Gasteiger charge is 2.12. The van der Waals surface area contributed by atoms with E-state index in [1.807, 2.05) is 37.3 Å². The molecule has 0 unspecified atom stereocenters. The topological polar surface area (TPSA) is 58.6 Å². The molecule has 2 N–H and O–H groups in total. The molecule has 1 aromatic rings. The molecule has 0 aliphatic rings. The van der Waals surface area contributed by atoms with Gasteiger partial charge in [-0.25, -0.2) is 0 Å². The third-order valence-corrected chi connectivity index (χ3v) is 2.62. The fraction of sp³-hybridized carbons (Fsp3) is 0.500. The molecule has 0 bridgehead atoms. The van der Waals surface area contributed by atoms with Gasteiger partial charge in [-0.3, -0.25) is 4.79 Å². The van der Waals surface area contributed by atoms with E-state index in [2.05, 4.69) is 5.32 Å². The molecule has 0 radical (unpaired) electrons. The zero-order chi connectivity index (χ0) is 13.2. The molecule has 0 saturated heterocycles. The zero-order valence-corrected chi connectivity index (χ0v) is 10.8. The number of amides is 1. The number of rotatable bonds is 8. The molecule has 1 amide bonds. The number of benzene rings is 1. The normalized spacial score (nSPS) is 12.1. The van der Waals surface area contributed by atoms with Crippen molar-refractivity contribution in [2.75, 3.05) is 19.8 Å². The summed E-state index contributed by atoms with van der Waals surface area (Å²) in [5.41, 5.74) is 0.915. The van der Waals surface area contributed by atoms with Crippen LogP contribution in [-0.4, -0.2) is 30.8 Å². The molecule has 1 rings (SSSR count). The van der Waals surface area contributed by atoms with Gasteiger partial charge in [0.2, 0.25) is 5.91 Å². The number of hydrogen-bond acceptors (Lipinski definition) is 3. The molecule has 0 aromatic heterocycles. The second kappa shape index (κ2) is 8.66. The lowest BCUT2D eigenvalue weighted by Crippen LogP contribution is -2.30. The van der Waals surface area contributed by atoms with Gasteiger partial charge in [0.1, 0.15) is 0 Å². The van der Waals surface area contributed by atoms with Crippen LogP contribution in [0, 0.1) is 0 Å². The molecule has 4 nitrogen and oxygen atoms in total. The predicted octanol–water partition coefficient (Wildman–Crippen LogP) is 1.65. The molecule has 18 heavy (non-hydrogen) atoms. The molecule has 1 atom stereocenters. The van der Waals surface area contributed by atoms with Crippen molar-refractivity contribution in [3.63, 3.8) is 0 Å². The van der Waals surface area contributed by atoms with Crippen molar-refractivity contribution in [3.05, 3.63) is 35.9 Å². The molecule has 0 spiro atoms. The van der Waals surface area contributed by atoms with Crippen LogP contribution in [0.2, 0.25) is 0 Å². The fourth-order valence-corrected chi connectivity index (χ4v) is 1.67. The molecule has 0 aliphatic heterocycles. The average molecular weight is 251 g/mol. The maximum atomic E-state index is 11.7. The van der Waals surface area contributed by atoms with Gasteiger partial charge in [-0.15, -0.1) is 0 Å². The van der Waals surface area contributed by atoms with Crippen LogP contribution in [0.1, 0.15) is 31.4 Å². The van der Waals surface area contributed by atoms with Gasteiger partial charge < -0.3 is 15.2 Å². The first-order chi connectivity index (χ1) is 8.77. The first kappa shape index (κ1) is 14.7. The lowest BCUT2D eigenvalue weighted by molar-refractivity contribution is -0.122. The number of aliphatic hydroxyl groups excluding tert-OH is 1. The van der Waals surface area contributed by atoms with Gasteiger partial charge in [-0.2, -0.15) is 0 Å². The second-order valence-electron chi connectivity index (χ2n) is 4.01. The van der Waals surface area contributed by atoms with Crippen molar-refractivity contribution in [1.82, 2.24) is 5.32 Å². The average Bonchev–Trinajstić information content (AvgIpc) is 2.42. The van der Waals surface area contributed by atoms with Gasteiger partial charge in [0, 0.05) is 19.6 Å². The maximum Gasteiger partial charge on any atom is 0.220 e. The van der Waals surface area contributed by atoms with Crippen LogP contribution >= 0.6 is 0 Å². The van der Waals surface area contributed by atoms with E-state index in [0.29, 0.717) is 26.1 Å². The SMILES string of the molecule is CCOCCCC(=O)N[C@H](CO)c1ccccc1. The summed E-state index contributed by atoms with van der Waals surface area (Å²) in [4.78, 5) is 11.7. The highest BCUT2D eigenvalue weighted by atomic mass is 16.5. The monoisotopic (exact) mass is 251 g/mol. The first-order valence-electron chi connectivity index (χ1n) is 6.30. The lowest BCUT2D eigenvalue weighted by Gasteiger charge is -2.16. The summed E-state index contributed by atoms with van der Waals surface area (Å²) in [6.07, 6.45) is 1.12. The molecule has 0 aliphatic carbocycles. The van der Waals surface area contributed by atoms with Crippen molar-refractivity contribution in [2.45, 2.75) is 25.8 Å². The van der Waals surface area contributed by atoms with Crippen LogP contribution < -0.4 is 5.32 Å². The Bertz CT molecular complexity index is 340. The highest BCUT2D eigenvalue weighted by molar-refractivity contribution is 5.76. The molecule has 4 heteroatoms. The number of nitrogens with one attached hydrogen (secondary N) is 1. The molecular weight excluding hydrogens is 230 g/mol. The number of carbonyl (C=O) groups is 1. The van der Waals surface area contributed by atoms with Gasteiger partial charge in [-0.1, -0.05) is 30.3 Å². The third kappa shape index (κ3) is 5.29. The summed E-state index contributed by atoms with van der Waals surface area (Å²) >= 11 is 0. The van der Waals surface area contributed by atoms with Crippen molar-refractivity contribution < 1.29 is 14.6 Å². The zero-order valence-electron chi connectivity index (χ0n) is 10.8. The quantitative estimate of drug-likeness (QED) is 0.691. The molecule has 1 aromatic carbocycles. The fourth-order valence-electron chi connectivity index (χ4n) is 1.67. The molecular formula is C14H21NO3. The number of aliphatic hydroxyl groups is 1. The van der Waals surface area contributed by atoms with Gasteiger partial charge in [0.25, 0.3) is 0 Å². The van der Waals surface area contributed by atoms with E-state index < -0.39 is 0 Å². The first-order valence-corrected chi connectivity index (χ1v) is 6.30. The number of hydrogen-bond donors (Lipinski definition) is 2. The standard InChI is InChI=1S/C14H21NO3/c1-2-18-10-6-9-14(17)15-13(11-16)12-7-4-3-5-8-12/h3-5,7-8,13,16H,2,6,9-11H2,1H3,(H,15,17)/t13-/m1/s1. The third-order valence-electron chi connectivity index (χ3n) is 2.62. The minimum absolute atomic E-state index is 0.0578. The molecule has 0 heterocycles. The van der Waals surface area contributed by atoms with E-state index in [9.17, 15) is 9.90 Å². The van der Waals surface area contributed by atoms with E-state index in [-0.39, 0.29) is 18.6 Å². The van der Waals surface area contributed by atoms with Crippen LogP contribution in [0.5, 0.6) is 0 Å². The Kier molecular flexibility index (Phi) is 7.06. The Labute approximate surface area is 108 Å². The summed E-state index contributed by atoms with van der Waals surface area (Å²) in [5.74, 6) is -0.0578. The van der Waals surface area contributed by atoms with E-state index in [4.69, 9.17) is 4.74 Å². The van der Waals surface area contributed by atoms with Crippen LogP contribution in [-0.2, 0) is 9.53 Å². The second-order valence-corrected chi connectivity index (χ2v) is 4.01. The van der Waals surface area contributed by atoms with Crippen LogP contribution in [0.15, 0.2) is 30.3 Å². The Morgan fingerprint density at radius 3 is 2.72 bits per heavy atom. The predicted molar refractivity (Wildman–Crippen MR) is 70.1 cm³/mol. The number of carbonyl (C=O) groups excluding carboxylic acids is 1. The Hall–Kier alpha value is -1.39. The van der Waals surface area contributed by atoms with Crippen LogP contribution in [0.3, 0.4) is 0 Å². The summed E-state index contributed by atoms with van der Waals surface area (Å²) in [5, 5.41) is 12.1. The van der Waals surface area contributed by atoms with E-state index in [1.165, 1.54) is 0 Å². The van der Waals surface area contributed by atoms with Gasteiger partial charge in [-0.05, 0) is 18.9 Å². The summed E-state index contributed by atoms with van der Waals surface area (Å²) in [6.45, 7) is 3.10. The minimum Gasteiger partial charge on any atom is -0.394 e.